The second-order valence-electron chi connectivity index (χ2n) is 7.63. The highest BCUT2D eigenvalue weighted by molar-refractivity contribution is 6.05. The van der Waals surface area contributed by atoms with E-state index in [1.54, 1.807) is 12.4 Å². The van der Waals surface area contributed by atoms with Gasteiger partial charge in [0.2, 0.25) is 0 Å². The van der Waals surface area contributed by atoms with Crippen LogP contribution >= 0.6 is 0 Å². The Bertz CT molecular complexity index is 1150. The fraction of sp³-hybridized carbons (Fsp3) is 0.208. The van der Waals surface area contributed by atoms with Gasteiger partial charge < -0.3 is 10.6 Å². The Morgan fingerprint density at radius 3 is 2.33 bits per heavy atom. The molecule has 6 nitrogen and oxygen atoms in total. The molecule has 0 aliphatic heterocycles. The number of carbonyl (C=O) groups excluding carboxylic acids is 1. The van der Waals surface area contributed by atoms with Gasteiger partial charge >= 0.3 is 0 Å². The van der Waals surface area contributed by atoms with E-state index in [0.717, 1.165) is 22.4 Å². The molecule has 4 rings (SSSR count). The standard InChI is InChI=1S/C24H25N5O/c1-16(2)29-23-19(15-26-29)13-20(14-25-23)24(30)28-22-11-9-21(10-12-22)27-17(3)18-7-5-4-6-8-18/h4-17,27H,1-3H3,(H,28,30). The minimum atomic E-state index is -0.194. The maximum absolute atomic E-state index is 12.7. The highest BCUT2D eigenvalue weighted by Gasteiger charge is 2.12. The maximum atomic E-state index is 12.7. The Kier molecular flexibility index (Phi) is 5.48. The molecule has 2 aromatic heterocycles. The van der Waals surface area contributed by atoms with Crippen LogP contribution in [0, 0.1) is 0 Å². The van der Waals surface area contributed by atoms with Gasteiger partial charge in [0.25, 0.3) is 5.91 Å². The Morgan fingerprint density at radius 1 is 0.933 bits per heavy atom. The lowest BCUT2D eigenvalue weighted by molar-refractivity contribution is 0.102. The molecule has 0 spiro atoms. The number of carbonyl (C=O) groups is 1. The number of hydrogen-bond acceptors (Lipinski definition) is 4. The van der Waals surface area contributed by atoms with Crippen LogP contribution in [0.5, 0.6) is 0 Å². The van der Waals surface area contributed by atoms with Crippen molar-refractivity contribution in [2.75, 3.05) is 10.6 Å². The molecule has 0 bridgehead atoms. The van der Waals surface area contributed by atoms with E-state index in [9.17, 15) is 4.79 Å². The molecule has 4 aromatic rings. The van der Waals surface area contributed by atoms with Gasteiger partial charge in [-0.1, -0.05) is 30.3 Å². The SMILES string of the molecule is CC(Nc1ccc(NC(=O)c2cnc3c(cnn3C(C)C)c2)cc1)c1ccccc1. The van der Waals surface area contributed by atoms with Crippen molar-refractivity contribution in [3.05, 3.63) is 84.2 Å². The van der Waals surface area contributed by atoms with Gasteiger partial charge in [0.1, 0.15) is 0 Å². The molecule has 0 saturated carbocycles. The monoisotopic (exact) mass is 399 g/mol. The van der Waals surface area contributed by atoms with Crippen LogP contribution in [0.25, 0.3) is 11.0 Å². The van der Waals surface area contributed by atoms with E-state index in [0.29, 0.717) is 5.56 Å². The largest absolute Gasteiger partial charge is 0.379 e. The maximum Gasteiger partial charge on any atom is 0.257 e. The Morgan fingerprint density at radius 2 is 1.63 bits per heavy atom. The van der Waals surface area contributed by atoms with Crippen LogP contribution in [0.15, 0.2) is 73.1 Å². The molecular weight excluding hydrogens is 374 g/mol. The van der Waals surface area contributed by atoms with Crippen molar-refractivity contribution in [1.82, 2.24) is 14.8 Å². The molecule has 2 aromatic carbocycles. The van der Waals surface area contributed by atoms with Gasteiger partial charge in [-0.25, -0.2) is 9.67 Å². The molecule has 0 saturated heterocycles. The summed E-state index contributed by atoms with van der Waals surface area (Å²) in [5.41, 5.74) is 4.23. The van der Waals surface area contributed by atoms with Gasteiger partial charge in [0, 0.05) is 35.0 Å². The molecule has 0 fully saturated rings. The summed E-state index contributed by atoms with van der Waals surface area (Å²) in [6.45, 7) is 6.22. The fourth-order valence-electron chi connectivity index (χ4n) is 3.37. The molecule has 30 heavy (non-hydrogen) atoms. The number of fused-ring (bicyclic) bond motifs is 1. The fourth-order valence-corrected chi connectivity index (χ4v) is 3.37. The number of hydrogen-bond donors (Lipinski definition) is 2. The van der Waals surface area contributed by atoms with Crippen LogP contribution in [0.1, 0.15) is 48.8 Å². The topological polar surface area (TPSA) is 71.8 Å². The van der Waals surface area contributed by atoms with Gasteiger partial charge in [-0.3, -0.25) is 4.79 Å². The van der Waals surface area contributed by atoms with E-state index >= 15 is 0 Å². The lowest BCUT2D eigenvalue weighted by Gasteiger charge is -2.16. The molecule has 6 heteroatoms. The van der Waals surface area contributed by atoms with Crippen LogP contribution in [-0.4, -0.2) is 20.7 Å². The number of amides is 1. The second kappa shape index (κ2) is 8.37. The average Bonchev–Trinajstić information content (AvgIpc) is 3.19. The molecule has 2 heterocycles. The van der Waals surface area contributed by atoms with Crippen LogP contribution in [-0.2, 0) is 0 Å². The molecule has 2 N–H and O–H groups in total. The van der Waals surface area contributed by atoms with Crippen LogP contribution in [0.2, 0.25) is 0 Å². The first kappa shape index (κ1) is 19.6. The zero-order valence-electron chi connectivity index (χ0n) is 17.3. The van der Waals surface area contributed by atoms with E-state index in [1.165, 1.54) is 5.56 Å². The van der Waals surface area contributed by atoms with Crippen LogP contribution < -0.4 is 10.6 Å². The van der Waals surface area contributed by atoms with E-state index in [4.69, 9.17) is 0 Å². The van der Waals surface area contributed by atoms with E-state index in [-0.39, 0.29) is 18.0 Å². The van der Waals surface area contributed by atoms with Crippen molar-refractivity contribution >= 4 is 28.3 Å². The predicted molar refractivity (Wildman–Crippen MR) is 121 cm³/mol. The number of pyridine rings is 1. The highest BCUT2D eigenvalue weighted by Crippen LogP contribution is 2.22. The minimum Gasteiger partial charge on any atom is -0.379 e. The smallest absolute Gasteiger partial charge is 0.257 e. The van der Waals surface area contributed by atoms with Crippen molar-refractivity contribution in [2.45, 2.75) is 32.9 Å². The molecule has 1 amide bonds. The van der Waals surface area contributed by atoms with Gasteiger partial charge in [-0.05, 0) is 56.7 Å². The first-order chi connectivity index (χ1) is 14.5. The van der Waals surface area contributed by atoms with E-state index in [2.05, 4.69) is 39.8 Å². The number of benzene rings is 2. The molecule has 0 aliphatic carbocycles. The van der Waals surface area contributed by atoms with Crippen LogP contribution in [0.3, 0.4) is 0 Å². The van der Waals surface area contributed by atoms with Crippen molar-refractivity contribution in [3.63, 3.8) is 0 Å². The third-order valence-corrected chi connectivity index (χ3v) is 5.01. The molecule has 1 atom stereocenters. The third kappa shape index (κ3) is 4.17. The van der Waals surface area contributed by atoms with Crippen molar-refractivity contribution in [1.29, 1.82) is 0 Å². The number of rotatable bonds is 6. The molecule has 152 valence electrons. The van der Waals surface area contributed by atoms with Gasteiger partial charge in [-0.15, -0.1) is 0 Å². The summed E-state index contributed by atoms with van der Waals surface area (Å²) < 4.78 is 1.85. The molecule has 0 radical (unpaired) electrons. The lowest BCUT2D eigenvalue weighted by atomic mass is 10.1. The Labute approximate surface area is 176 Å². The lowest BCUT2D eigenvalue weighted by Crippen LogP contribution is -2.12. The number of nitrogens with zero attached hydrogens (tertiary/aromatic N) is 3. The number of nitrogens with one attached hydrogen (secondary N) is 2. The second-order valence-corrected chi connectivity index (χ2v) is 7.63. The summed E-state index contributed by atoms with van der Waals surface area (Å²) in [4.78, 5) is 17.1. The zero-order valence-corrected chi connectivity index (χ0v) is 17.3. The molecular formula is C24H25N5O. The number of aromatic nitrogens is 3. The first-order valence-electron chi connectivity index (χ1n) is 10.1. The van der Waals surface area contributed by atoms with Gasteiger partial charge in [0.05, 0.1) is 11.8 Å². The van der Waals surface area contributed by atoms with E-state index in [1.807, 2.05) is 67.1 Å². The third-order valence-electron chi connectivity index (χ3n) is 5.01. The number of anilines is 2. The summed E-state index contributed by atoms with van der Waals surface area (Å²) in [6, 6.07) is 20.2. The van der Waals surface area contributed by atoms with Crippen LogP contribution in [0.4, 0.5) is 11.4 Å². The first-order valence-corrected chi connectivity index (χ1v) is 10.1. The Hall–Kier alpha value is -3.67. The zero-order chi connectivity index (χ0) is 21.1. The Balaban J connectivity index is 1.43. The highest BCUT2D eigenvalue weighted by atomic mass is 16.1. The summed E-state index contributed by atoms with van der Waals surface area (Å²) >= 11 is 0. The summed E-state index contributed by atoms with van der Waals surface area (Å²) in [7, 11) is 0. The summed E-state index contributed by atoms with van der Waals surface area (Å²) in [6.07, 6.45) is 3.34. The minimum absolute atomic E-state index is 0.191. The van der Waals surface area contributed by atoms with E-state index < -0.39 is 0 Å². The predicted octanol–water partition coefficient (Wildman–Crippen LogP) is 5.44. The summed E-state index contributed by atoms with van der Waals surface area (Å²) in [5, 5.41) is 11.6. The van der Waals surface area contributed by atoms with Gasteiger partial charge in [0.15, 0.2) is 5.65 Å². The van der Waals surface area contributed by atoms with Gasteiger partial charge in [-0.2, -0.15) is 5.10 Å². The summed E-state index contributed by atoms with van der Waals surface area (Å²) in [5.74, 6) is -0.194. The average molecular weight is 399 g/mol. The quantitative estimate of drug-likeness (QED) is 0.453. The molecule has 0 aliphatic rings. The van der Waals surface area contributed by atoms with Crippen molar-refractivity contribution in [3.8, 4) is 0 Å². The molecule has 1 unspecified atom stereocenters. The normalized spacial score (nSPS) is 12.1. The van der Waals surface area contributed by atoms with Crippen molar-refractivity contribution < 1.29 is 4.79 Å². The van der Waals surface area contributed by atoms with Crippen molar-refractivity contribution in [2.24, 2.45) is 0 Å².